The maximum Gasteiger partial charge on any atom is 0.230 e. The molecule has 1 heterocycles. The van der Waals surface area contributed by atoms with Gasteiger partial charge < -0.3 is 14.6 Å². The Morgan fingerprint density at radius 3 is 2.72 bits per heavy atom. The van der Waals surface area contributed by atoms with E-state index in [1.165, 1.54) is 17.8 Å². The van der Waals surface area contributed by atoms with Crippen LogP contribution < -0.4 is 10.1 Å². The van der Waals surface area contributed by atoms with Gasteiger partial charge in [-0.3, -0.25) is 4.79 Å². The van der Waals surface area contributed by atoms with Gasteiger partial charge in [0.2, 0.25) is 5.91 Å². The highest BCUT2D eigenvalue weighted by Gasteiger charge is 2.18. The third-order valence-electron chi connectivity index (χ3n) is 4.32. The van der Waals surface area contributed by atoms with Gasteiger partial charge in [-0.15, -0.1) is 10.2 Å². The Bertz CT molecular complexity index is 1030. The zero-order valence-electron chi connectivity index (χ0n) is 16.1. The van der Waals surface area contributed by atoms with Crippen LogP contribution in [0.4, 0.5) is 8.78 Å². The van der Waals surface area contributed by atoms with Gasteiger partial charge in [-0.2, -0.15) is 0 Å². The van der Waals surface area contributed by atoms with Crippen LogP contribution in [0.15, 0.2) is 47.6 Å². The fourth-order valence-electron chi connectivity index (χ4n) is 2.85. The predicted octanol–water partition coefficient (Wildman–Crippen LogP) is 3.74. The molecule has 6 nitrogen and oxygen atoms in total. The van der Waals surface area contributed by atoms with E-state index < -0.39 is 17.7 Å². The topological polar surface area (TPSA) is 69.0 Å². The molecule has 1 aromatic heterocycles. The van der Waals surface area contributed by atoms with Gasteiger partial charge >= 0.3 is 0 Å². The highest BCUT2D eigenvalue weighted by Crippen LogP contribution is 2.30. The van der Waals surface area contributed by atoms with Gasteiger partial charge in [0.05, 0.1) is 24.5 Å². The van der Waals surface area contributed by atoms with Crippen molar-refractivity contribution in [1.82, 2.24) is 20.1 Å². The summed E-state index contributed by atoms with van der Waals surface area (Å²) in [4.78, 5) is 12.3. The van der Waals surface area contributed by atoms with Crippen molar-refractivity contribution in [1.29, 1.82) is 0 Å². The number of carbonyl (C=O) groups excluding carboxylic acids is 1. The van der Waals surface area contributed by atoms with Crippen LogP contribution in [-0.4, -0.2) is 33.5 Å². The van der Waals surface area contributed by atoms with E-state index in [1.54, 1.807) is 25.6 Å². The van der Waals surface area contributed by atoms with Crippen LogP contribution >= 0.6 is 11.8 Å². The van der Waals surface area contributed by atoms with E-state index in [0.29, 0.717) is 16.7 Å². The Hall–Kier alpha value is -2.94. The molecule has 0 aliphatic heterocycles. The van der Waals surface area contributed by atoms with Gasteiger partial charge in [-0.25, -0.2) is 8.78 Å². The molecule has 3 aromatic rings. The Labute approximate surface area is 171 Å². The fraction of sp³-hybridized carbons (Fsp3) is 0.250. The molecule has 0 aliphatic rings. The van der Waals surface area contributed by atoms with Crippen molar-refractivity contribution < 1.29 is 18.3 Å². The minimum Gasteiger partial charge on any atom is -0.496 e. The van der Waals surface area contributed by atoms with Crippen molar-refractivity contribution in [3.8, 4) is 17.1 Å². The number of methoxy groups -OCH3 is 1. The summed E-state index contributed by atoms with van der Waals surface area (Å²) >= 11 is 1.21. The number of carbonyl (C=O) groups is 1. The molecule has 0 aliphatic carbocycles. The number of thioether (sulfide) groups is 1. The van der Waals surface area contributed by atoms with Gasteiger partial charge in [-0.05, 0) is 25.1 Å². The Balaban J connectivity index is 1.64. The summed E-state index contributed by atoms with van der Waals surface area (Å²) in [5.41, 5.74) is 1.02. The standard InChI is InChI=1S/C20H20F2N4O2S/c1-12(14-9-8-13(21)10-16(14)22)23-18(27)11-29-20-25-24-19(26(20)2)15-6-4-5-7-17(15)28-3/h4-10,12H,11H2,1-3H3,(H,23,27)/t12-/m1/s1. The summed E-state index contributed by atoms with van der Waals surface area (Å²) in [5.74, 6) is -0.285. The zero-order chi connectivity index (χ0) is 21.0. The lowest BCUT2D eigenvalue weighted by Crippen LogP contribution is -2.28. The number of halogens is 2. The number of nitrogens with zero attached hydrogens (tertiary/aromatic N) is 3. The lowest BCUT2D eigenvalue weighted by Gasteiger charge is -2.15. The van der Waals surface area contributed by atoms with Crippen LogP contribution in [0.3, 0.4) is 0 Å². The third-order valence-corrected chi connectivity index (χ3v) is 5.34. The van der Waals surface area contributed by atoms with Crippen LogP contribution in [0.5, 0.6) is 5.75 Å². The molecule has 29 heavy (non-hydrogen) atoms. The normalized spacial score (nSPS) is 11.9. The number of para-hydroxylation sites is 1. The molecule has 0 saturated carbocycles. The van der Waals surface area contributed by atoms with Crippen LogP contribution in [0.25, 0.3) is 11.4 Å². The number of benzene rings is 2. The summed E-state index contributed by atoms with van der Waals surface area (Å²) in [6.07, 6.45) is 0. The van der Waals surface area contributed by atoms with E-state index in [2.05, 4.69) is 15.5 Å². The Morgan fingerprint density at radius 1 is 1.24 bits per heavy atom. The molecule has 0 bridgehead atoms. The second-order valence-electron chi connectivity index (χ2n) is 6.31. The number of ether oxygens (including phenoxy) is 1. The SMILES string of the molecule is COc1ccccc1-c1nnc(SCC(=O)N[C@H](C)c2ccc(F)cc2F)n1C. The Kier molecular flexibility index (Phi) is 6.48. The second-order valence-corrected chi connectivity index (χ2v) is 7.25. The van der Waals surface area contributed by atoms with Gasteiger partial charge in [0.1, 0.15) is 17.4 Å². The summed E-state index contributed by atoms with van der Waals surface area (Å²) in [6.45, 7) is 1.64. The van der Waals surface area contributed by atoms with E-state index in [-0.39, 0.29) is 17.2 Å². The minimum absolute atomic E-state index is 0.0745. The van der Waals surface area contributed by atoms with E-state index >= 15 is 0 Å². The number of hydrogen-bond donors (Lipinski definition) is 1. The maximum absolute atomic E-state index is 13.9. The van der Waals surface area contributed by atoms with Crippen molar-refractivity contribution in [2.75, 3.05) is 12.9 Å². The molecule has 2 aromatic carbocycles. The predicted molar refractivity (Wildman–Crippen MR) is 107 cm³/mol. The number of hydrogen-bond acceptors (Lipinski definition) is 5. The first kappa shape index (κ1) is 20.8. The third kappa shape index (κ3) is 4.73. The molecule has 9 heteroatoms. The van der Waals surface area contributed by atoms with Gasteiger partial charge in [0, 0.05) is 18.7 Å². The maximum atomic E-state index is 13.9. The molecule has 1 amide bonds. The smallest absolute Gasteiger partial charge is 0.230 e. The van der Waals surface area contributed by atoms with E-state index in [4.69, 9.17) is 4.74 Å². The summed E-state index contributed by atoms with van der Waals surface area (Å²) in [5, 5.41) is 11.6. The van der Waals surface area contributed by atoms with Crippen molar-refractivity contribution in [3.63, 3.8) is 0 Å². The average molecular weight is 418 g/mol. The van der Waals surface area contributed by atoms with E-state index in [0.717, 1.165) is 17.7 Å². The van der Waals surface area contributed by atoms with Crippen molar-refractivity contribution >= 4 is 17.7 Å². The largest absolute Gasteiger partial charge is 0.496 e. The second kappa shape index (κ2) is 9.04. The number of amides is 1. The summed E-state index contributed by atoms with van der Waals surface area (Å²) < 4.78 is 34.0. The Morgan fingerprint density at radius 2 is 2.00 bits per heavy atom. The van der Waals surface area contributed by atoms with Crippen LogP contribution in [-0.2, 0) is 11.8 Å². The summed E-state index contributed by atoms with van der Waals surface area (Å²) in [7, 11) is 3.39. The quantitative estimate of drug-likeness (QED) is 0.592. The first-order valence-electron chi connectivity index (χ1n) is 8.80. The molecule has 1 atom stereocenters. The van der Waals surface area contributed by atoms with Crippen LogP contribution in [0.1, 0.15) is 18.5 Å². The van der Waals surface area contributed by atoms with Crippen molar-refractivity contribution in [2.24, 2.45) is 7.05 Å². The molecule has 152 valence electrons. The van der Waals surface area contributed by atoms with Gasteiger partial charge in [-0.1, -0.05) is 30.0 Å². The molecule has 0 unspecified atom stereocenters. The van der Waals surface area contributed by atoms with E-state index in [1.807, 2.05) is 24.3 Å². The molecular formula is C20H20F2N4O2S. The lowest BCUT2D eigenvalue weighted by atomic mass is 10.1. The highest BCUT2D eigenvalue weighted by molar-refractivity contribution is 7.99. The number of rotatable bonds is 7. The van der Waals surface area contributed by atoms with Crippen molar-refractivity contribution in [2.45, 2.75) is 18.1 Å². The van der Waals surface area contributed by atoms with Crippen LogP contribution in [0, 0.1) is 11.6 Å². The minimum atomic E-state index is -0.694. The molecule has 0 fully saturated rings. The molecule has 0 spiro atoms. The first-order chi connectivity index (χ1) is 13.9. The molecule has 1 N–H and O–H groups in total. The lowest BCUT2D eigenvalue weighted by molar-refractivity contribution is -0.119. The number of aromatic nitrogens is 3. The number of nitrogens with one attached hydrogen (secondary N) is 1. The molecule has 0 radical (unpaired) electrons. The van der Waals surface area contributed by atoms with Gasteiger partial charge in [0.15, 0.2) is 11.0 Å². The van der Waals surface area contributed by atoms with Crippen LogP contribution in [0.2, 0.25) is 0 Å². The van der Waals surface area contributed by atoms with E-state index in [9.17, 15) is 13.6 Å². The van der Waals surface area contributed by atoms with Gasteiger partial charge in [0.25, 0.3) is 0 Å². The molecular weight excluding hydrogens is 398 g/mol. The van der Waals surface area contributed by atoms with Crippen molar-refractivity contribution in [3.05, 3.63) is 59.7 Å². The molecule has 3 rings (SSSR count). The zero-order valence-corrected chi connectivity index (χ0v) is 17.0. The summed E-state index contributed by atoms with van der Waals surface area (Å²) in [6, 6.07) is 10.1. The highest BCUT2D eigenvalue weighted by atomic mass is 32.2. The average Bonchev–Trinajstić information content (AvgIpc) is 3.06. The monoisotopic (exact) mass is 418 g/mol. The molecule has 0 saturated heterocycles. The first-order valence-corrected chi connectivity index (χ1v) is 9.79. The fourth-order valence-corrected chi connectivity index (χ4v) is 3.57.